The maximum atomic E-state index is 12.9. The van der Waals surface area contributed by atoms with Gasteiger partial charge in [-0.2, -0.15) is 0 Å². The molecular formula is C22H21NO3S. The minimum Gasteiger partial charge on any atom is -0.485 e. The molecule has 0 aliphatic carbocycles. The van der Waals surface area contributed by atoms with Crippen molar-refractivity contribution in [3.63, 3.8) is 0 Å². The highest BCUT2D eigenvalue weighted by Gasteiger charge is 2.29. The van der Waals surface area contributed by atoms with E-state index in [1.54, 1.807) is 11.3 Å². The largest absolute Gasteiger partial charge is 0.485 e. The molecule has 2 heterocycles. The maximum absolute atomic E-state index is 12.9. The summed E-state index contributed by atoms with van der Waals surface area (Å²) in [7, 11) is 0. The molecule has 4 nitrogen and oxygen atoms in total. The Balaban J connectivity index is 1.54. The zero-order valence-electron chi connectivity index (χ0n) is 15.1. The number of para-hydroxylation sites is 2. The summed E-state index contributed by atoms with van der Waals surface area (Å²) < 4.78 is 11.5. The van der Waals surface area contributed by atoms with Crippen LogP contribution < -0.4 is 14.8 Å². The molecular weight excluding hydrogens is 358 g/mol. The van der Waals surface area contributed by atoms with Crippen molar-refractivity contribution in [1.29, 1.82) is 0 Å². The first-order valence-corrected chi connectivity index (χ1v) is 9.93. The van der Waals surface area contributed by atoms with E-state index in [9.17, 15) is 4.79 Å². The molecule has 0 bridgehead atoms. The number of nitrogens with one attached hydrogen (secondary N) is 1. The van der Waals surface area contributed by atoms with Crippen LogP contribution in [-0.4, -0.2) is 18.6 Å². The summed E-state index contributed by atoms with van der Waals surface area (Å²) >= 11 is 1.63. The van der Waals surface area contributed by atoms with E-state index in [1.807, 2.05) is 41.8 Å². The van der Waals surface area contributed by atoms with Gasteiger partial charge in [-0.25, -0.2) is 0 Å². The maximum Gasteiger partial charge on any atom is 0.265 e. The Morgan fingerprint density at radius 2 is 1.89 bits per heavy atom. The Kier molecular flexibility index (Phi) is 5.12. The Labute approximate surface area is 162 Å². The predicted molar refractivity (Wildman–Crippen MR) is 106 cm³/mol. The second-order valence-electron chi connectivity index (χ2n) is 6.42. The van der Waals surface area contributed by atoms with E-state index in [1.165, 1.54) is 5.56 Å². The van der Waals surface area contributed by atoms with Crippen LogP contribution in [0.5, 0.6) is 11.5 Å². The summed E-state index contributed by atoms with van der Waals surface area (Å²) in [4.78, 5) is 14.0. The Hall–Kier alpha value is -2.79. The van der Waals surface area contributed by atoms with Crippen molar-refractivity contribution in [2.24, 2.45) is 0 Å². The highest BCUT2D eigenvalue weighted by molar-refractivity contribution is 7.10. The number of fused-ring (bicyclic) bond motifs is 1. The number of ether oxygens (including phenoxy) is 2. The molecule has 0 saturated heterocycles. The smallest absolute Gasteiger partial charge is 0.265 e. The monoisotopic (exact) mass is 379 g/mol. The highest BCUT2D eigenvalue weighted by atomic mass is 32.1. The summed E-state index contributed by atoms with van der Waals surface area (Å²) in [6.07, 6.45) is 0.320. The third kappa shape index (κ3) is 3.83. The zero-order valence-corrected chi connectivity index (χ0v) is 15.9. The molecule has 3 aromatic rings. The number of thiophene rings is 1. The van der Waals surface area contributed by atoms with Gasteiger partial charge in [-0.3, -0.25) is 4.79 Å². The second-order valence-corrected chi connectivity index (χ2v) is 7.40. The van der Waals surface area contributed by atoms with Crippen molar-refractivity contribution in [3.05, 3.63) is 82.0 Å². The molecule has 0 unspecified atom stereocenters. The third-order valence-electron chi connectivity index (χ3n) is 4.64. The van der Waals surface area contributed by atoms with Gasteiger partial charge in [0.25, 0.3) is 5.91 Å². The van der Waals surface area contributed by atoms with Crippen LogP contribution in [0, 0.1) is 0 Å². The van der Waals surface area contributed by atoms with Gasteiger partial charge in [0.05, 0.1) is 6.04 Å². The number of hydrogen-bond donors (Lipinski definition) is 1. The van der Waals surface area contributed by atoms with Crippen LogP contribution in [-0.2, 0) is 11.2 Å². The fourth-order valence-electron chi connectivity index (χ4n) is 3.10. The van der Waals surface area contributed by atoms with Crippen molar-refractivity contribution in [3.8, 4) is 11.5 Å². The molecule has 0 radical (unpaired) electrons. The van der Waals surface area contributed by atoms with Crippen LogP contribution >= 0.6 is 11.3 Å². The van der Waals surface area contributed by atoms with Crippen molar-refractivity contribution in [2.75, 3.05) is 6.61 Å². The van der Waals surface area contributed by atoms with E-state index in [4.69, 9.17) is 9.47 Å². The summed E-state index contributed by atoms with van der Waals surface area (Å²) in [5.41, 5.74) is 2.33. The van der Waals surface area contributed by atoms with Crippen molar-refractivity contribution in [2.45, 2.75) is 25.5 Å². The van der Waals surface area contributed by atoms with Gasteiger partial charge in [0.1, 0.15) is 6.61 Å². The van der Waals surface area contributed by atoms with Gasteiger partial charge >= 0.3 is 0 Å². The van der Waals surface area contributed by atoms with Crippen LogP contribution in [0.3, 0.4) is 0 Å². The van der Waals surface area contributed by atoms with Gasteiger partial charge in [-0.05, 0) is 41.1 Å². The highest BCUT2D eigenvalue weighted by Crippen LogP contribution is 2.32. The van der Waals surface area contributed by atoms with Gasteiger partial charge in [0.2, 0.25) is 6.10 Å². The average Bonchev–Trinajstić information content (AvgIpc) is 3.26. The molecule has 0 saturated carbocycles. The fraction of sp³-hybridized carbons (Fsp3) is 0.227. The summed E-state index contributed by atoms with van der Waals surface area (Å²) in [5, 5.41) is 5.16. The van der Waals surface area contributed by atoms with E-state index < -0.39 is 6.10 Å². The van der Waals surface area contributed by atoms with Crippen molar-refractivity contribution >= 4 is 17.2 Å². The summed E-state index contributed by atoms with van der Waals surface area (Å²) in [6, 6.07) is 19.6. The SMILES string of the molecule is CCc1ccc([C@@H](NC(=O)[C@@H]2COc3ccccc3O2)c2cccs2)cc1. The number of amides is 1. The number of carbonyl (C=O) groups excluding carboxylic acids is 1. The van der Waals surface area contributed by atoms with Crippen LogP contribution in [0.4, 0.5) is 0 Å². The molecule has 2 atom stereocenters. The van der Waals surface area contributed by atoms with Crippen LogP contribution in [0.15, 0.2) is 66.0 Å². The summed E-state index contributed by atoms with van der Waals surface area (Å²) in [6.45, 7) is 2.33. The Bertz CT molecular complexity index is 906. The number of benzene rings is 2. The topological polar surface area (TPSA) is 47.6 Å². The molecule has 2 aromatic carbocycles. The molecule has 1 N–H and O–H groups in total. The number of aryl methyl sites for hydroxylation is 1. The standard InChI is InChI=1S/C22H21NO3S/c1-2-15-9-11-16(12-10-15)21(20-8-5-13-27-20)23-22(24)19-14-25-17-6-3-4-7-18(17)26-19/h3-13,19,21H,2,14H2,1H3,(H,23,24)/t19-,21+/m0/s1. The second kappa shape index (κ2) is 7.84. The minimum absolute atomic E-state index is 0.178. The van der Waals surface area contributed by atoms with Gasteiger partial charge in [-0.1, -0.05) is 49.4 Å². The Morgan fingerprint density at radius 1 is 1.11 bits per heavy atom. The third-order valence-corrected chi connectivity index (χ3v) is 5.57. The average molecular weight is 379 g/mol. The first-order valence-electron chi connectivity index (χ1n) is 9.05. The summed E-state index contributed by atoms with van der Waals surface area (Å²) in [5.74, 6) is 1.10. The number of carbonyl (C=O) groups is 1. The number of rotatable bonds is 5. The van der Waals surface area contributed by atoms with Crippen molar-refractivity contribution in [1.82, 2.24) is 5.32 Å². The lowest BCUT2D eigenvalue weighted by Crippen LogP contribution is -2.45. The van der Waals surface area contributed by atoms with E-state index in [0.29, 0.717) is 11.5 Å². The lowest BCUT2D eigenvalue weighted by Gasteiger charge is -2.27. The molecule has 27 heavy (non-hydrogen) atoms. The van der Waals surface area contributed by atoms with E-state index in [0.717, 1.165) is 16.9 Å². The molecule has 5 heteroatoms. The van der Waals surface area contributed by atoms with Crippen LogP contribution in [0.2, 0.25) is 0 Å². The molecule has 138 valence electrons. The van der Waals surface area contributed by atoms with Gasteiger partial charge in [-0.15, -0.1) is 11.3 Å². The minimum atomic E-state index is -0.669. The number of hydrogen-bond acceptors (Lipinski definition) is 4. The molecule has 1 aliphatic rings. The first-order chi connectivity index (χ1) is 13.2. The zero-order chi connectivity index (χ0) is 18.6. The molecule has 0 spiro atoms. The molecule has 4 rings (SSSR count). The molecule has 1 aromatic heterocycles. The fourth-order valence-corrected chi connectivity index (χ4v) is 3.91. The van der Waals surface area contributed by atoms with E-state index in [2.05, 4.69) is 36.5 Å². The predicted octanol–water partition coefficient (Wildman–Crippen LogP) is 4.36. The molecule has 0 fully saturated rings. The van der Waals surface area contributed by atoms with Gasteiger partial charge in [0.15, 0.2) is 11.5 Å². The quantitative estimate of drug-likeness (QED) is 0.717. The van der Waals surface area contributed by atoms with E-state index >= 15 is 0 Å². The van der Waals surface area contributed by atoms with Crippen LogP contribution in [0.1, 0.15) is 29.0 Å². The Morgan fingerprint density at radius 3 is 2.59 bits per heavy atom. The van der Waals surface area contributed by atoms with Gasteiger partial charge < -0.3 is 14.8 Å². The lowest BCUT2D eigenvalue weighted by atomic mass is 10.0. The molecule has 1 aliphatic heterocycles. The lowest BCUT2D eigenvalue weighted by molar-refractivity contribution is -0.130. The molecule has 1 amide bonds. The van der Waals surface area contributed by atoms with Gasteiger partial charge in [0, 0.05) is 4.88 Å². The first kappa shape index (κ1) is 17.6. The normalized spacial score (nSPS) is 16.6. The van der Waals surface area contributed by atoms with E-state index in [-0.39, 0.29) is 18.6 Å². The van der Waals surface area contributed by atoms with Crippen molar-refractivity contribution < 1.29 is 14.3 Å². The van der Waals surface area contributed by atoms with Crippen LogP contribution in [0.25, 0.3) is 0 Å².